The zero-order valence-corrected chi connectivity index (χ0v) is 13.2. The number of rotatable bonds is 10. The molecule has 0 saturated carbocycles. The van der Waals surface area contributed by atoms with Gasteiger partial charge in [0.2, 0.25) is 0 Å². The quantitative estimate of drug-likeness (QED) is 0.216. The summed E-state index contributed by atoms with van der Waals surface area (Å²) in [6.45, 7) is 3.12. The van der Waals surface area contributed by atoms with Gasteiger partial charge in [0.1, 0.15) is 11.9 Å². The average Bonchev–Trinajstić information content (AvgIpc) is 2.51. The summed E-state index contributed by atoms with van der Waals surface area (Å²) in [6, 6.07) is 3.04. The fourth-order valence-corrected chi connectivity index (χ4v) is 2.17. The number of aliphatic hydroxyl groups excluding tert-OH is 2. The number of nitrogen functional groups attached to an aromatic ring is 1. The summed E-state index contributed by atoms with van der Waals surface area (Å²) in [4.78, 5) is 11.0. The van der Waals surface area contributed by atoms with Crippen LogP contribution in [0.5, 0.6) is 0 Å². The second-order valence-electron chi connectivity index (χ2n) is 4.84. The Hall–Kier alpha value is -1.94. The molecule has 0 radical (unpaired) electrons. The van der Waals surface area contributed by atoms with Crippen molar-refractivity contribution in [3.63, 3.8) is 0 Å². The third-order valence-corrected chi connectivity index (χ3v) is 3.12. The molecule has 0 heterocycles. The third-order valence-electron chi connectivity index (χ3n) is 3.12. The molecule has 1 aromatic rings. The van der Waals surface area contributed by atoms with Crippen LogP contribution in [0, 0.1) is 10.1 Å². The van der Waals surface area contributed by atoms with Gasteiger partial charge in [0.25, 0.3) is 5.69 Å². The number of hydrogen-bond donors (Lipinski definition) is 4. The van der Waals surface area contributed by atoms with E-state index in [1.165, 1.54) is 6.07 Å². The SMILES string of the molecule is CC(Nc1ccc(N)c(C(C)OCCO)c1[N+](=O)[O-])OCCO. The number of nitro benzene ring substituents is 1. The van der Waals surface area contributed by atoms with Crippen LogP contribution in [0.3, 0.4) is 0 Å². The Bertz CT molecular complexity index is 525. The van der Waals surface area contributed by atoms with E-state index in [0.29, 0.717) is 0 Å². The lowest BCUT2D eigenvalue weighted by Crippen LogP contribution is -2.22. The van der Waals surface area contributed by atoms with Crippen molar-refractivity contribution in [3.05, 3.63) is 27.8 Å². The van der Waals surface area contributed by atoms with E-state index in [0.717, 1.165) is 0 Å². The molecular weight excluding hydrogens is 306 g/mol. The van der Waals surface area contributed by atoms with Crippen LogP contribution >= 0.6 is 0 Å². The highest BCUT2D eigenvalue weighted by Gasteiger charge is 2.27. The van der Waals surface area contributed by atoms with E-state index >= 15 is 0 Å². The highest BCUT2D eigenvalue weighted by molar-refractivity contribution is 5.73. The van der Waals surface area contributed by atoms with Gasteiger partial charge in [-0.25, -0.2) is 0 Å². The summed E-state index contributed by atoms with van der Waals surface area (Å²) in [5.41, 5.74) is 6.39. The van der Waals surface area contributed by atoms with E-state index in [-0.39, 0.29) is 49.1 Å². The Morgan fingerprint density at radius 3 is 2.43 bits per heavy atom. The Kier molecular flexibility index (Phi) is 7.69. The summed E-state index contributed by atoms with van der Waals surface area (Å²) < 4.78 is 10.6. The fraction of sp³-hybridized carbons (Fsp3) is 0.571. The first kappa shape index (κ1) is 19.1. The summed E-state index contributed by atoms with van der Waals surface area (Å²) in [5.74, 6) is 0. The molecule has 0 aliphatic rings. The van der Waals surface area contributed by atoms with Gasteiger partial charge in [-0.15, -0.1) is 0 Å². The minimum Gasteiger partial charge on any atom is -0.398 e. The fourth-order valence-electron chi connectivity index (χ4n) is 2.17. The Morgan fingerprint density at radius 2 is 1.87 bits per heavy atom. The van der Waals surface area contributed by atoms with Crippen molar-refractivity contribution in [3.8, 4) is 0 Å². The van der Waals surface area contributed by atoms with E-state index in [2.05, 4.69) is 5.32 Å². The summed E-state index contributed by atoms with van der Waals surface area (Å²) in [7, 11) is 0. The molecule has 0 amide bonds. The number of nitro groups is 1. The second kappa shape index (κ2) is 9.26. The van der Waals surface area contributed by atoms with E-state index < -0.39 is 17.3 Å². The van der Waals surface area contributed by atoms with Crippen molar-refractivity contribution in [2.75, 3.05) is 37.5 Å². The molecule has 2 unspecified atom stereocenters. The van der Waals surface area contributed by atoms with Crippen LogP contribution < -0.4 is 11.1 Å². The first-order chi connectivity index (χ1) is 10.9. The van der Waals surface area contributed by atoms with Crippen molar-refractivity contribution in [1.29, 1.82) is 0 Å². The molecule has 9 heteroatoms. The Labute approximate surface area is 134 Å². The number of benzene rings is 1. The molecule has 23 heavy (non-hydrogen) atoms. The average molecular weight is 329 g/mol. The largest absolute Gasteiger partial charge is 0.398 e. The first-order valence-electron chi connectivity index (χ1n) is 7.20. The van der Waals surface area contributed by atoms with E-state index in [9.17, 15) is 10.1 Å². The van der Waals surface area contributed by atoms with Crippen LogP contribution in [0.1, 0.15) is 25.5 Å². The van der Waals surface area contributed by atoms with E-state index in [1.54, 1.807) is 19.9 Å². The maximum atomic E-state index is 11.5. The predicted molar refractivity (Wildman–Crippen MR) is 85.1 cm³/mol. The number of nitrogens with two attached hydrogens (primary N) is 1. The molecule has 2 atom stereocenters. The first-order valence-corrected chi connectivity index (χ1v) is 7.20. The van der Waals surface area contributed by atoms with Gasteiger partial charge in [0.05, 0.1) is 43.0 Å². The molecule has 1 rings (SSSR count). The van der Waals surface area contributed by atoms with Gasteiger partial charge in [0, 0.05) is 5.69 Å². The van der Waals surface area contributed by atoms with Crippen molar-refractivity contribution in [2.24, 2.45) is 0 Å². The molecule has 9 nitrogen and oxygen atoms in total. The van der Waals surface area contributed by atoms with Crippen molar-refractivity contribution < 1.29 is 24.6 Å². The smallest absolute Gasteiger partial charge is 0.300 e. The van der Waals surface area contributed by atoms with E-state index in [1.807, 2.05) is 0 Å². The molecule has 0 saturated heterocycles. The zero-order valence-electron chi connectivity index (χ0n) is 13.2. The normalized spacial score (nSPS) is 13.6. The van der Waals surface area contributed by atoms with Crippen LogP contribution in [0.2, 0.25) is 0 Å². The summed E-state index contributed by atoms with van der Waals surface area (Å²) in [6.07, 6.45) is -1.19. The topological polar surface area (TPSA) is 140 Å². The minimum atomic E-state index is -0.655. The number of anilines is 2. The van der Waals surface area contributed by atoms with Crippen LogP contribution in [-0.4, -0.2) is 47.8 Å². The molecular formula is C14H23N3O6. The molecule has 0 spiro atoms. The highest BCUT2D eigenvalue weighted by atomic mass is 16.6. The molecule has 0 aromatic heterocycles. The van der Waals surface area contributed by atoms with E-state index in [4.69, 9.17) is 25.4 Å². The number of nitrogens with one attached hydrogen (secondary N) is 1. The standard InChI is InChI=1S/C14H23N3O6/c1-9(22-7-5-18)13-11(15)3-4-12(14(13)17(20)21)16-10(2)23-8-6-19/h3-4,9-10,16,18-19H,5-8,15H2,1-2H3. The molecule has 0 fully saturated rings. The lowest BCUT2D eigenvalue weighted by molar-refractivity contribution is -0.385. The zero-order chi connectivity index (χ0) is 17.4. The molecule has 130 valence electrons. The summed E-state index contributed by atoms with van der Waals surface area (Å²) in [5, 5.41) is 31.9. The van der Waals surface area contributed by atoms with Gasteiger partial charge >= 0.3 is 0 Å². The van der Waals surface area contributed by atoms with Crippen LogP contribution in [0.4, 0.5) is 17.1 Å². The van der Waals surface area contributed by atoms with Crippen molar-refractivity contribution >= 4 is 17.1 Å². The minimum absolute atomic E-state index is 0.0471. The highest BCUT2D eigenvalue weighted by Crippen LogP contribution is 2.38. The van der Waals surface area contributed by atoms with Crippen molar-refractivity contribution in [1.82, 2.24) is 0 Å². The van der Waals surface area contributed by atoms with Crippen LogP contribution in [0.15, 0.2) is 12.1 Å². The summed E-state index contributed by atoms with van der Waals surface area (Å²) >= 11 is 0. The predicted octanol–water partition coefficient (Wildman–Crippen LogP) is 1.01. The van der Waals surface area contributed by atoms with Gasteiger partial charge < -0.3 is 30.7 Å². The maximum absolute atomic E-state index is 11.5. The van der Waals surface area contributed by atoms with Gasteiger partial charge in [-0.3, -0.25) is 10.1 Å². The Balaban J connectivity index is 3.14. The van der Waals surface area contributed by atoms with Gasteiger partial charge in [0.15, 0.2) is 0 Å². The lowest BCUT2D eigenvalue weighted by atomic mass is 10.0. The number of nitrogens with zero attached hydrogens (tertiary/aromatic N) is 1. The second-order valence-corrected chi connectivity index (χ2v) is 4.84. The molecule has 0 aliphatic carbocycles. The van der Waals surface area contributed by atoms with Crippen LogP contribution in [0.25, 0.3) is 0 Å². The Morgan fingerprint density at radius 1 is 1.26 bits per heavy atom. The molecule has 0 bridgehead atoms. The van der Waals surface area contributed by atoms with Gasteiger partial charge in [-0.2, -0.15) is 0 Å². The number of aliphatic hydroxyl groups is 2. The van der Waals surface area contributed by atoms with Gasteiger partial charge in [-0.1, -0.05) is 0 Å². The molecule has 0 aliphatic heterocycles. The van der Waals surface area contributed by atoms with Crippen LogP contribution in [-0.2, 0) is 9.47 Å². The third kappa shape index (κ3) is 5.32. The monoisotopic (exact) mass is 329 g/mol. The van der Waals surface area contributed by atoms with Gasteiger partial charge in [-0.05, 0) is 26.0 Å². The molecule has 1 aromatic carbocycles. The number of hydrogen-bond acceptors (Lipinski definition) is 8. The number of ether oxygens (including phenoxy) is 2. The van der Waals surface area contributed by atoms with Crippen molar-refractivity contribution in [2.45, 2.75) is 26.2 Å². The maximum Gasteiger partial charge on any atom is 0.300 e. The molecule has 5 N–H and O–H groups in total. The lowest BCUT2D eigenvalue weighted by Gasteiger charge is -2.20.